The fourth-order valence-electron chi connectivity index (χ4n) is 16.1. The van der Waals surface area contributed by atoms with E-state index in [4.69, 9.17) is 0 Å². The van der Waals surface area contributed by atoms with Crippen LogP contribution in [0.25, 0.3) is 144 Å². The molecule has 2 heterocycles. The van der Waals surface area contributed by atoms with Crippen molar-refractivity contribution in [3.05, 3.63) is 461 Å². The number of fused-ring (bicyclic) bond motifs is 6. The Morgan fingerprint density at radius 2 is 0.339 bits per heavy atom. The molecule has 528 valence electrons. The van der Waals surface area contributed by atoms with Crippen LogP contribution < -0.4 is 9.80 Å². The molecule has 0 bridgehead atoms. The third kappa shape index (κ3) is 13.6. The minimum Gasteiger partial charge on any atom is -0.310 e. The molecule has 0 aliphatic rings. The van der Waals surface area contributed by atoms with E-state index in [1.165, 1.54) is 127 Å². The maximum Gasteiger partial charge on any atom is 0.0541 e. The van der Waals surface area contributed by atoms with Crippen molar-refractivity contribution < 1.29 is 0 Å². The fourth-order valence-corrected chi connectivity index (χ4v) is 16.1. The van der Waals surface area contributed by atoms with Crippen LogP contribution in [0.3, 0.4) is 0 Å². The van der Waals surface area contributed by atoms with E-state index in [0.29, 0.717) is 0 Å². The number of rotatable bonds is 16. The van der Waals surface area contributed by atoms with E-state index >= 15 is 0 Å². The highest BCUT2D eigenvalue weighted by Crippen LogP contribution is 2.45. The number of para-hydroxylation sites is 4. The first-order valence-corrected chi connectivity index (χ1v) is 38.3. The zero-order valence-electron chi connectivity index (χ0n) is 61.7. The maximum absolute atomic E-state index is 2.39. The molecule has 0 atom stereocenters. The zero-order valence-corrected chi connectivity index (χ0v) is 61.7. The largest absolute Gasteiger partial charge is 0.310 e. The monoisotopic (exact) mass is 1430 g/mol. The highest BCUT2D eigenvalue weighted by atomic mass is 15.1. The molecule has 0 unspecified atom stereocenters. The lowest BCUT2D eigenvalue weighted by Gasteiger charge is -2.27. The minimum atomic E-state index is 1.08. The molecular weight excluding hydrogens is 1350 g/mol. The van der Waals surface area contributed by atoms with Crippen LogP contribution in [0.5, 0.6) is 0 Å². The Bertz CT molecular complexity index is 6540. The molecule has 4 heteroatoms. The predicted molar refractivity (Wildman–Crippen MR) is 474 cm³/mol. The summed E-state index contributed by atoms with van der Waals surface area (Å²) >= 11 is 0. The van der Waals surface area contributed by atoms with E-state index in [-0.39, 0.29) is 0 Å². The molecule has 20 aromatic rings. The molecule has 0 saturated heterocycles. The Kier molecular flexibility index (Phi) is 18.4. The highest BCUT2D eigenvalue weighted by molar-refractivity contribution is 6.10. The van der Waals surface area contributed by atoms with Gasteiger partial charge in [-0.1, -0.05) is 334 Å². The van der Waals surface area contributed by atoms with Crippen molar-refractivity contribution in [3.8, 4) is 100 Å². The van der Waals surface area contributed by atoms with Gasteiger partial charge >= 0.3 is 0 Å². The van der Waals surface area contributed by atoms with Gasteiger partial charge in [-0.2, -0.15) is 0 Å². The molecule has 0 spiro atoms. The Morgan fingerprint density at radius 3 is 0.661 bits per heavy atom. The Labute approximate surface area is 653 Å². The molecule has 4 nitrogen and oxygen atoms in total. The maximum atomic E-state index is 2.39. The number of aromatic nitrogens is 2. The molecule has 0 fully saturated rings. The first-order valence-electron chi connectivity index (χ1n) is 38.3. The smallest absolute Gasteiger partial charge is 0.0541 e. The van der Waals surface area contributed by atoms with E-state index in [1.54, 1.807) is 0 Å². The molecule has 0 N–H and O–H groups in total. The first kappa shape index (κ1) is 67.7. The van der Waals surface area contributed by atoms with Gasteiger partial charge in [-0.05, 0) is 216 Å². The van der Waals surface area contributed by atoms with Gasteiger partial charge < -0.3 is 18.9 Å². The molecule has 0 saturated carbocycles. The summed E-state index contributed by atoms with van der Waals surface area (Å²) in [4.78, 5) is 4.76. The van der Waals surface area contributed by atoms with E-state index < -0.39 is 0 Å². The summed E-state index contributed by atoms with van der Waals surface area (Å²) in [6, 6.07) is 166. The van der Waals surface area contributed by atoms with Crippen LogP contribution in [0.2, 0.25) is 0 Å². The molecule has 112 heavy (non-hydrogen) atoms. The lowest BCUT2D eigenvalue weighted by Crippen LogP contribution is -2.10. The van der Waals surface area contributed by atoms with Gasteiger partial charge in [0.15, 0.2) is 0 Å². The highest BCUT2D eigenvalue weighted by Gasteiger charge is 2.21. The van der Waals surface area contributed by atoms with Gasteiger partial charge in [0.05, 0.1) is 22.1 Å². The quantitative estimate of drug-likeness (QED) is 0.0959. The molecule has 20 rings (SSSR count). The van der Waals surface area contributed by atoms with Gasteiger partial charge in [0.2, 0.25) is 0 Å². The van der Waals surface area contributed by atoms with Crippen molar-refractivity contribution in [2.24, 2.45) is 0 Å². The van der Waals surface area contributed by atoms with Gasteiger partial charge in [0.1, 0.15) is 0 Å². The van der Waals surface area contributed by atoms with Crippen molar-refractivity contribution in [3.63, 3.8) is 0 Å². The summed E-state index contributed by atoms with van der Waals surface area (Å²) in [5.74, 6) is 0. The molecule has 2 aromatic heterocycles. The summed E-state index contributed by atoms with van der Waals surface area (Å²) in [7, 11) is 0. The molecule has 0 aliphatic carbocycles. The van der Waals surface area contributed by atoms with E-state index in [0.717, 1.165) is 51.1 Å². The average molecular weight is 1430 g/mol. The molecule has 0 amide bonds. The number of benzene rings is 18. The van der Waals surface area contributed by atoms with E-state index in [2.05, 4.69) is 480 Å². The van der Waals surface area contributed by atoms with Crippen LogP contribution in [0.4, 0.5) is 34.1 Å². The van der Waals surface area contributed by atoms with Crippen molar-refractivity contribution in [1.82, 2.24) is 9.13 Å². The predicted octanol–water partition coefficient (Wildman–Crippen LogP) is 29.8. The lowest BCUT2D eigenvalue weighted by molar-refractivity contribution is 1.18. The van der Waals surface area contributed by atoms with Crippen LogP contribution in [0, 0.1) is 0 Å². The standard InChI is InChI=1S/2C54H38N2/c1-4-16-39(17-5-1)43-22-14-24-48(35-43)55(50-37-45(40-18-6-2-7-19-40)34-46(38-50)41-20-8-3-9-21-41)47-32-30-42(31-33-47)44-23-15-25-49(36-44)56-53-28-12-10-26-51(53)52-27-11-13-29-54(52)56;1-3-14-39(15-4-1)41-28-30-42(31-29-41)45-19-12-22-49(37-45)55(48-21-11-18-44(36-48)40-16-5-2-6-17-40)47-34-32-43(33-35-47)46-20-13-23-50(38-46)56-53-26-9-7-24-51(53)52-25-8-10-27-54(52)56/h2*1-38H. The molecule has 0 aliphatic heterocycles. The summed E-state index contributed by atoms with van der Waals surface area (Å²) in [6.45, 7) is 0. The second kappa shape index (κ2) is 30.4. The fraction of sp³-hybridized carbons (Fsp3) is 0. The summed E-state index contributed by atoms with van der Waals surface area (Å²) in [6.07, 6.45) is 0. The molecular formula is C108H76N4. The Hall–Kier alpha value is -14.8. The molecule has 18 aromatic carbocycles. The van der Waals surface area contributed by atoms with Crippen molar-refractivity contribution in [1.29, 1.82) is 0 Å². The second-order valence-electron chi connectivity index (χ2n) is 28.4. The third-order valence-electron chi connectivity index (χ3n) is 21.5. The summed E-state index contributed by atoms with van der Waals surface area (Å²) < 4.78 is 4.76. The van der Waals surface area contributed by atoms with Gasteiger partial charge in [0.25, 0.3) is 0 Å². The van der Waals surface area contributed by atoms with Crippen LogP contribution in [-0.2, 0) is 0 Å². The zero-order chi connectivity index (χ0) is 74.5. The summed E-state index contributed by atoms with van der Waals surface area (Å²) in [5, 5.41) is 5.06. The lowest BCUT2D eigenvalue weighted by atomic mass is 9.97. The van der Waals surface area contributed by atoms with Gasteiger partial charge in [0, 0.05) is 67.0 Å². The van der Waals surface area contributed by atoms with Crippen LogP contribution >= 0.6 is 0 Å². The average Bonchev–Trinajstić information content (AvgIpc) is 1.60. The van der Waals surface area contributed by atoms with Crippen molar-refractivity contribution in [2.75, 3.05) is 9.80 Å². The number of anilines is 6. The van der Waals surface area contributed by atoms with Crippen molar-refractivity contribution >= 4 is 77.7 Å². The second-order valence-corrected chi connectivity index (χ2v) is 28.4. The normalized spacial score (nSPS) is 11.2. The molecule has 0 radical (unpaired) electrons. The summed E-state index contributed by atoms with van der Waals surface area (Å²) in [5.41, 5.74) is 32.6. The van der Waals surface area contributed by atoms with E-state index in [9.17, 15) is 0 Å². The van der Waals surface area contributed by atoms with Crippen LogP contribution in [0.15, 0.2) is 461 Å². The number of hydrogen-bond acceptors (Lipinski definition) is 2. The van der Waals surface area contributed by atoms with Crippen molar-refractivity contribution in [2.45, 2.75) is 0 Å². The minimum absolute atomic E-state index is 1.08. The topological polar surface area (TPSA) is 16.3 Å². The Balaban J connectivity index is 0.000000151. The van der Waals surface area contributed by atoms with Gasteiger partial charge in [-0.25, -0.2) is 0 Å². The van der Waals surface area contributed by atoms with E-state index in [1.807, 2.05) is 0 Å². The third-order valence-corrected chi connectivity index (χ3v) is 21.5. The van der Waals surface area contributed by atoms with Gasteiger partial charge in [-0.15, -0.1) is 0 Å². The van der Waals surface area contributed by atoms with Crippen LogP contribution in [0.1, 0.15) is 0 Å². The number of hydrogen-bond donors (Lipinski definition) is 0. The first-order chi connectivity index (χ1) is 55.5. The Morgan fingerprint density at radius 1 is 0.125 bits per heavy atom. The van der Waals surface area contributed by atoms with Crippen LogP contribution in [-0.4, -0.2) is 9.13 Å². The van der Waals surface area contributed by atoms with Gasteiger partial charge in [-0.3, -0.25) is 0 Å². The SMILES string of the molecule is c1ccc(-c2ccc(-c3cccc(N(c4ccc(-c5cccc(-n6c7ccccc7c7ccccc76)c5)cc4)c4cccc(-c5ccccc5)c4)c3)cc2)cc1.c1ccc(-c2cccc(N(c3ccc(-c4cccc(-n5c6ccccc6c6ccccc65)c4)cc3)c3cc(-c4ccccc4)cc(-c4ccccc4)c3)c2)cc1. The number of nitrogens with zero attached hydrogens (tertiary/aromatic N) is 4.